The average Bonchev–Trinajstić information content (AvgIpc) is 3.28. The van der Waals surface area contributed by atoms with Gasteiger partial charge in [0.2, 0.25) is 0 Å². The lowest BCUT2D eigenvalue weighted by Gasteiger charge is -2.44. The fraction of sp³-hybridized carbons (Fsp3) is 0.526. The molecule has 3 saturated heterocycles. The smallest absolute Gasteiger partial charge is 0.272 e. The molecule has 6 rings (SSSR count). The number of aromatic amines is 1. The molecule has 2 atom stereocenters. The number of H-pyrrole nitrogens is 1. The van der Waals surface area contributed by atoms with Crippen LogP contribution in [-0.2, 0) is 0 Å². The van der Waals surface area contributed by atoms with Gasteiger partial charge in [0.05, 0.1) is 11.6 Å². The maximum absolute atomic E-state index is 12.8. The van der Waals surface area contributed by atoms with Crippen LogP contribution in [0.5, 0.6) is 0 Å². The first kappa shape index (κ1) is 15.8. The Morgan fingerprint density at radius 1 is 1.31 bits per heavy atom. The minimum atomic E-state index is -0.0762. The first-order valence-corrected chi connectivity index (χ1v) is 9.51. The van der Waals surface area contributed by atoms with Gasteiger partial charge in [-0.25, -0.2) is 0 Å². The van der Waals surface area contributed by atoms with Crippen LogP contribution >= 0.6 is 0 Å². The number of aromatic nitrogens is 2. The molecule has 2 bridgehead atoms. The minimum Gasteiger partial charge on any atom is -0.368 e. The monoisotopic (exact) mass is 352 g/mol. The molecule has 2 aromatic rings. The van der Waals surface area contributed by atoms with E-state index in [1.165, 1.54) is 25.9 Å². The number of hydrogen-bond donors (Lipinski definition) is 3. The molecule has 1 unspecified atom stereocenters. The number of amides is 1. The summed E-state index contributed by atoms with van der Waals surface area (Å²) in [7, 11) is 0. The topological polar surface area (TPSA) is 85.4 Å². The fourth-order valence-corrected chi connectivity index (χ4v) is 4.44. The number of fused-ring (bicyclic) bond motifs is 4. The molecule has 7 heteroatoms. The second-order valence-electron chi connectivity index (χ2n) is 7.76. The first-order valence-electron chi connectivity index (χ1n) is 9.51. The van der Waals surface area contributed by atoms with Crippen LogP contribution in [0.4, 0.5) is 0 Å². The lowest BCUT2D eigenvalue weighted by Crippen LogP contribution is -2.57. The largest absolute Gasteiger partial charge is 0.368 e. The average molecular weight is 352 g/mol. The summed E-state index contributed by atoms with van der Waals surface area (Å²) in [6.45, 7) is 6.26. The Hall–Kier alpha value is -2.41. The van der Waals surface area contributed by atoms with Crippen LogP contribution in [0.1, 0.15) is 35.8 Å². The van der Waals surface area contributed by atoms with Crippen molar-refractivity contribution in [2.45, 2.75) is 31.8 Å². The molecule has 0 radical (unpaired) electrons. The molecular weight excluding hydrogens is 328 g/mol. The highest BCUT2D eigenvalue weighted by molar-refractivity contribution is 6.07. The SMILES string of the molecule is CC1CNC(c2ccc3c(C(=O)N[C@@H]4CN5CCC4CC5)n[nH]c3c2)=N1. The summed E-state index contributed by atoms with van der Waals surface area (Å²) in [5, 5.41) is 14.7. The summed E-state index contributed by atoms with van der Waals surface area (Å²) in [5.41, 5.74) is 2.37. The van der Waals surface area contributed by atoms with Crippen LogP contribution in [-0.4, -0.2) is 65.1 Å². The highest BCUT2D eigenvalue weighted by atomic mass is 16.2. The number of benzene rings is 1. The molecule has 26 heavy (non-hydrogen) atoms. The van der Waals surface area contributed by atoms with E-state index in [4.69, 9.17) is 0 Å². The molecular formula is C19H24N6O. The van der Waals surface area contributed by atoms with Crippen molar-refractivity contribution < 1.29 is 4.79 Å². The molecule has 4 aliphatic rings. The van der Waals surface area contributed by atoms with Crippen molar-refractivity contribution in [1.82, 2.24) is 25.7 Å². The summed E-state index contributed by atoms with van der Waals surface area (Å²) in [6, 6.07) is 6.52. The molecule has 0 aliphatic carbocycles. The molecule has 4 aliphatic heterocycles. The summed E-state index contributed by atoms with van der Waals surface area (Å²) in [6.07, 6.45) is 2.37. The van der Waals surface area contributed by atoms with E-state index in [9.17, 15) is 4.79 Å². The maximum atomic E-state index is 12.8. The zero-order valence-electron chi connectivity index (χ0n) is 15.0. The molecule has 7 nitrogen and oxygen atoms in total. The van der Waals surface area contributed by atoms with Crippen molar-refractivity contribution in [2.24, 2.45) is 10.9 Å². The van der Waals surface area contributed by atoms with E-state index >= 15 is 0 Å². The van der Waals surface area contributed by atoms with Gasteiger partial charge in [0.1, 0.15) is 5.84 Å². The van der Waals surface area contributed by atoms with Crippen LogP contribution in [0.3, 0.4) is 0 Å². The van der Waals surface area contributed by atoms with Crippen molar-refractivity contribution in [1.29, 1.82) is 0 Å². The second-order valence-corrected chi connectivity index (χ2v) is 7.76. The van der Waals surface area contributed by atoms with Crippen molar-refractivity contribution in [2.75, 3.05) is 26.2 Å². The summed E-state index contributed by atoms with van der Waals surface area (Å²) < 4.78 is 0. The van der Waals surface area contributed by atoms with Gasteiger partial charge in [-0.3, -0.25) is 14.9 Å². The summed E-state index contributed by atoms with van der Waals surface area (Å²) in [5.74, 6) is 1.44. The molecule has 5 heterocycles. The van der Waals surface area contributed by atoms with E-state index in [1.807, 2.05) is 18.2 Å². The van der Waals surface area contributed by atoms with Crippen LogP contribution < -0.4 is 10.6 Å². The van der Waals surface area contributed by atoms with Gasteiger partial charge in [-0.15, -0.1) is 0 Å². The highest BCUT2D eigenvalue weighted by Crippen LogP contribution is 2.28. The second kappa shape index (κ2) is 6.09. The van der Waals surface area contributed by atoms with Crippen molar-refractivity contribution in [3.05, 3.63) is 29.5 Å². The maximum Gasteiger partial charge on any atom is 0.272 e. The molecule has 1 amide bonds. The molecule has 1 aromatic heterocycles. The van der Waals surface area contributed by atoms with Gasteiger partial charge in [-0.05, 0) is 50.9 Å². The van der Waals surface area contributed by atoms with Crippen LogP contribution in [0, 0.1) is 5.92 Å². The predicted molar refractivity (Wildman–Crippen MR) is 101 cm³/mol. The van der Waals surface area contributed by atoms with E-state index in [-0.39, 0.29) is 11.9 Å². The molecule has 136 valence electrons. The van der Waals surface area contributed by atoms with E-state index in [2.05, 4.69) is 37.6 Å². The number of rotatable bonds is 3. The van der Waals surface area contributed by atoms with Crippen LogP contribution in [0.25, 0.3) is 10.9 Å². The Bertz CT molecular complexity index is 879. The number of nitrogens with zero attached hydrogens (tertiary/aromatic N) is 3. The molecule has 3 N–H and O–H groups in total. The van der Waals surface area contributed by atoms with E-state index < -0.39 is 0 Å². The molecule has 0 spiro atoms. The lowest BCUT2D eigenvalue weighted by molar-refractivity contribution is 0.0618. The van der Waals surface area contributed by atoms with Gasteiger partial charge >= 0.3 is 0 Å². The number of amidine groups is 1. The highest BCUT2D eigenvalue weighted by Gasteiger charge is 2.35. The van der Waals surface area contributed by atoms with Crippen molar-refractivity contribution in [3.63, 3.8) is 0 Å². The van der Waals surface area contributed by atoms with E-state index in [0.717, 1.165) is 35.4 Å². The normalized spacial score (nSPS) is 30.3. The number of piperidine rings is 3. The Morgan fingerprint density at radius 3 is 2.85 bits per heavy atom. The van der Waals surface area contributed by atoms with E-state index in [0.29, 0.717) is 17.7 Å². The first-order chi connectivity index (χ1) is 12.7. The zero-order chi connectivity index (χ0) is 17.7. The van der Waals surface area contributed by atoms with E-state index in [1.54, 1.807) is 0 Å². The Kier molecular flexibility index (Phi) is 3.70. The molecule has 1 aromatic carbocycles. The predicted octanol–water partition coefficient (Wildman–Crippen LogP) is 1.13. The van der Waals surface area contributed by atoms with Crippen molar-refractivity contribution >= 4 is 22.6 Å². The summed E-state index contributed by atoms with van der Waals surface area (Å²) in [4.78, 5) is 19.8. The van der Waals surface area contributed by atoms with Gasteiger partial charge < -0.3 is 15.5 Å². The van der Waals surface area contributed by atoms with Gasteiger partial charge in [0.15, 0.2) is 5.69 Å². The fourth-order valence-electron chi connectivity index (χ4n) is 4.44. The zero-order valence-corrected chi connectivity index (χ0v) is 15.0. The third-order valence-corrected chi connectivity index (χ3v) is 5.94. The Labute approximate surface area is 152 Å². The number of carbonyl (C=O) groups is 1. The third kappa shape index (κ3) is 2.67. The Morgan fingerprint density at radius 2 is 2.15 bits per heavy atom. The van der Waals surface area contributed by atoms with Gasteiger partial charge in [0, 0.05) is 30.1 Å². The molecule has 0 saturated carbocycles. The number of carbonyl (C=O) groups excluding carboxylic acids is 1. The number of hydrogen-bond acceptors (Lipinski definition) is 5. The van der Waals surface area contributed by atoms with Crippen molar-refractivity contribution in [3.8, 4) is 0 Å². The lowest BCUT2D eigenvalue weighted by atomic mass is 9.84. The van der Waals surface area contributed by atoms with Gasteiger partial charge in [-0.2, -0.15) is 5.10 Å². The van der Waals surface area contributed by atoms with Crippen LogP contribution in [0.2, 0.25) is 0 Å². The molecule has 3 fully saturated rings. The third-order valence-electron chi connectivity index (χ3n) is 5.94. The number of nitrogens with one attached hydrogen (secondary N) is 3. The van der Waals surface area contributed by atoms with Crippen LogP contribution in [0.15, 0.2) is 23.2 Å². The summed E-state index contributed by atoms with van der Waals surface area (Å²) >= 11 is 0. The standard InChI is InChI=1S/C19H24N6O/c1-11-9-20-18(21-11)13-2-3-14-15(8-13)23-24-17(14)19(26)22-16-10-25-6-4-12(16)5-7-25/h2-3,8,11-12,16H,4-7,9-10H2,1H3,(H,20,21)(H,22,26)(H,23,24)/t11?,16-/m1/s1. The van der Waals surface area contributed by atoms with Gasteiger partial charge in [-0.1, -0.05) is 6.07 Å². The quantitative estimate of drug-likeness (QED) is 0.773. The number of aliphatic imine (C=N–C) groups is 1. The minimum absolute atomic E-state index is 0.0762. The van der Waals surface area contributed by atoms with Gasteiger partial charge in [0.25, 0.3) is 5.91 Å². The Balaban J connectivity index is 1.37.